The maximum absolute atomic E-state index is 12.6. The molecule has 1 atom stereocenters. The molecule has 7 nitrogen and oxygen atoms in total. The minimum atomic E-state index is -0.580. The van der Waals surface area contributed by atoms with Gasteiger partial charge in [-0.1, -0.05) is 0 Å². The molecule has 0 radical (unpaired) electrons. The number of ether oxygens (including phenoxy) is 1. The zero-order valence-electron chi connectivity index (χ0n) is 13.4. The Morgan fingerprint density at radius 3 is 2.74 bits per heavy atom. The fourth-order valence-electron chi connectivity index (χ4n) is 3.35. The van der Waals surface area contributed by atoms with E-state index in [1.807, 2.05) is 0 Å². The van der Waals surface area contributed by atoms with Crippen LogP contribution in [0.15, 0.2) is 0 Å². The Bertz CT molecular complexity index is 592. The molecule has 2 aliphatic rings. The van der Waals surface area contributed by atoms with E-state index in [0.29, 0.717) is 56.1 Å². The number of β-amino-alcohol motifs (C(OH)–C–C–N with tert-alkyl or cyclic N) is 1. The average molecular weight is 321 g/mol. The number of fused-ring (bicyclic) bond motifs is 1. The zero-order valence-corrected chi connectivity index (χ0v) is 13.4. The highest BCUT2D eigenvalue weighted by Gasteiger charge is 2.30. The molecule has 2 aliphatic heterocycles. The standard InChI is InChI=1S/C16H23N3O4/c1-11-14(10-20)17-13-2-3-19(16(22)15(11)13)9-12(21)8-18-4-6-23-7-5-18/h10,12,17,21H,2-9H2,1H3. The average Bonchev–Trinajstić information content (AvgIpc) is 2.88. The molecule has 1 unspecified atom stereocenters. The van der Waals surface area contributed by atoms with Crippen molar-refractivity contribution in [3.63, 3.8) is 0 Å². The van der Waals surface area contributed by atoms with E-state index >= 15 is 0 Å². The SMILES string of the molecule is Cc1c(C=O)[nH]c2c1C(=O)N(CC(O)CN1CCOCC1)CC2. The maximum atomic E-state index is 12.6. The van der Waals surface area contributed by atoms with Crippen LogP contribution in [0, 0.1) is 6.92 Å². The highest BCUT2D eigenvalue weighted by Crippen LogP contribution is 2.24. The van der Waals surface area contributed by atoms with Crippen LogP contribution in [0.4, 0.5) is 0 Å². The number of morpholine rings is 1. The second-order valence-corrected chi connectivity index (χ2v) is 6.20. The molecular formula is C16H23N3O4. The second-order valence-electron chi connectivity index (χ2n) is 6.20. The highest BCUT2D eigenvalue weighted by atomic mass is 16.5. The summed E-state index contributed by atoms with van der Waals surface area (Å²) < 4.78 is 5.29. The Hall–Kier alpha value is -1.70. The van der Waals surface area contributed by atoms with E-state index in [9.17, 15) is 14.7 Å². The molecule has 0 aromatic carbocycles. The monoisotopic (exact) mass is 321 g/mol. The van der Waals surface area contributed by atoms with Crippen molar-refractivity contribution in [1.29, 1.82) is 0 Å². The molecule has 2 N–H and O–H groups in total. The van der Waals surface area contributed by atoms with Gasteiger partial charge in [0.2, 0.25) is 0 Å². The Kier molecular flexibility index (Phi) is 4.79. The Balaban J connectivity index is 1.63. The Labute approximate surface area is 135 Å². The Morgan fingerprint density at radius 1 is 1.30 bits per heavy atom. The van der Waals surface area contributed by atoms with Gasteiger partial charge in [-0.3, -0.25) is 14.5 Å². The number of carbonyl (C=O) groups is 2. The summed E-state index contributed by atoms with van der Waals surface area (Å²) in [5.74, 6) is -0.103. The lowest BCUT2D eigenvalue weighted by molar-refractivity contribution is 0.00679. The number of aromatic nitrogens is 1. The van der Waals surface area contributed by atoms with Gasteiger partial charge in [0.1, 0.15) is 0 Å². The molecule has 3 rings (SSSR count). The molecule has 1 fully saturated rings. The van der Waals surface area contributed by atoms with Crippen LogP contribution in [0.3, 0.4) is 0 Å². The van der Waals surface area contributed by atoms with Crippen molar-refractivity contribution in [3.8, 4) is 0 Å². The van der Waals surface area contributed by atoms with E-state index in [1.165, 1.54) is 0 Å². The summed E-state index contributed by atoms with van der Waals surface area (Å²) in [6.45, 7) is 6.21. The molecule has 1 aromatic rings. The second kappa shape index (κ2) is 6.82. The fourth-order valence-corrected chi connectivity index (χ4v) is 3.35. The number of aldehydes is 1. The molecule has 1 saturated heterocycles. The van der Waals surface area contributed by atoms with Crippen LogP contribution in [-0.4, -0.2) is 84.1 Å². The first-order valence-corrected chi connectivity index (χ1v) is 8.04. The summed E-state index contributed by atoms with van der Waals surface area (Å²) in [5, 5.41) is 10.3. The highest BCUT2D eigenvalue weighted by molar-refractivity contribution is 6.00. The van der Waals surface area contributed by atoms with Crippen molar-refractivity contribution in [3.05, 3.63) is 22.5 Å². The molecule has 0 bridgehead atoms. The first-order chi connectivity index (χ1) is 11.1. The number of aliphatic hydroxyl groups is 1. The molecule has 0 spiro atoms. The summed E-state index contributed by atoms with van der Waals surface area (Å²) in [6, 6.07) is 0. The lowest BCUT2D eigenvalue weighted by Crippen LogP contribution is -2.47. The predicted octanol–water partition coefficient (Wildman–Crippen LogP) is -0.173. The molecule has 126 valence electrons. The maximum Gasteiger partial charge on any atom is 0.256 e. The molecule has 1 aromatic heterocycles. The van der Waals surface area contributed by atoms with Crippen LogP contribution >= 0.6 is 0 Å². The third-order valence-corrected chi connectivity index (χ3v) is 4.62. The van der Waals surface area contributed by atoms with Gasteiger partial charge in [-0.15, -0.1) is 0 Å². The van der Waals surface area contributed by atoms with Gasteiger partial charge in [-0.2, -0.15) is 0 Å². The van der Waals surface area contributed by atoms with Crippen molar-refractivity contribution < 1.29 is 19.4 Å². The van der Waals surface area contributed by atoms with Crippen LogP contribution in [0.25, 0.3) is 0 Å². The van der Waals surface area contributed by atoms with E-state index in [-0.39, 0.29) is 5.91 Å². The first kappa shape index (κ1) is 16.2. The van der Waals surface area contributed by atoms with Gasteiger partial charge in [0.15, 0.2) is 6.29 Å². The minimum absolute atomic E-state index is 0.103. The van der Waals surface area contributed by atoms with Gasteiger partial charge in [-0.25, -0.2) is 0 Å². The normalized spacial score (nSPS) is 20.4. The van der Waals surface area contributed by atoms with Crippen LogP contribution in [0.5, 0.6) is 0 Å². The number of rotatable bonds is 5. The lowest BCUT2D eigenvalue weighted by Gasteiger charge is -2.32. The number of H-pyrrole nitrogens is 1. The number of hydrogen-bond donors (Lipinski definition) is 2. The fraction of sp³-hybridized carbons (Fsp3) is 0.625. The number of nitrogens with zero attached hydrogens (tertiary/aromatic N) is 2. The van der Waals surface area contributed by atoms with Crippen molar-refractivity contribution in [1.82, 2.24) is 14.8 Å². The van der Waals surface area contributed by atoms with Crippen molar-refractivity contribution in [2.24, 2.45) is 0 Å². The number of aromatic amines is 1. The quantitative estimate of drug-likeness (QED) is 0.735. The van der Waals surface area contributed by atoms with Gasteiger partial charge in [0.05, 0.1) is 30.6 Å². The van der Waals surface area contributed by atoms with Gasteiger partial charge in [0, 0.05) is 44.8 Å². The van der Waals surface area contributed by atoms with Gasteiger partial charge < -0.3 is 19.7 Å². The van der Waals surface area contributed by atoms with Crippen LogP contribution in [0.1, 0.15) is 32.1 Å². The molecule has 1 amide bonds. The van der Waals surface area contributed by atoms with E-state index in [2.05, 4.69) is 9.88 Å². The van der Waals surface area contributed by atoms with Crippen molar-refractivity contribution >= 4 is 12.2 Å². The van der Waals surface area contributed by atoms with E-state index in [1.54, 1.807) is 11.8 Å². The third kappa shape index (κ3) is 3.31. The minimum Gasteiger partial charge on any atom is -0.390 e. The summed E-state index contributed by atoms with van der Waals surface area (Å²) in [7, 11) is 0. The molecule has 3 heterocycles. The summed E-state index contributed by atoms with van der Waals surface area (Å²) in [5.41, 5.74) is 2.59. The van der Waals surface area contributed by atoms with Crippen LogP contribution in [0.2, 0.25) is 0 Å². The largest absolute Gasteiger partial charge is 0.390 e. The molecule has 0 saturated carbocycles. The summed E-state index contributed by atoms with van der Waals surface area (Å²) in [6.07, 6.45) is 0.849. The van der Waals surface area contributed by atoms with E-state index < -0.39 is 6.10 Å². The predicted molar refractivity (Wildman–Crippen MR) is 83.8 cm³/mol. The van der Waals surface area contributed by atoms with E-state index in [4.69, 9.17) is 4.74 Å². The third-order valence-electron chi connectivity index (χ3n) is 4.62. The van der Waals surface area contributed by atoms with E-state index in [0.717, 1.165) is 25.1 Å². The molecule has 7 heteroatoms. The summed E-state index contributed by atoms with van der Waals surface area (Å²) in [4.78, 5) is 30.5. The molecular weight excluding hydrogens is 298 g/mol. The van der Waals surface area contributed by atoms with Gasteiger partial charge in [0.25, 0.3) is 5.91 Å². The van der Waals surface area contributed by atoms with Gasteiger partial charge in [-0.05, 0) is 12.5 Å². The Morgan fingerprint density at radius 2 is 2.04 bits per heavy atom. The number of aliphatic hydroxyl groups excluding tert-OH is 1. The summed E-state index contributed by atoms with van der Waals surface area (Å²) >= 11 is 0. The lowest BCUT2D eigenvalue weighted by atomic mass is 10.0. The topological polar surface area (TPSA) is 85.9 Å². The van der Waals surface area contributed by atoms with Crippen molar-refractivity contribution in [2.75, 3.05) is 45.9 Å². The zero-order chi connectivity index (χ0) is 16.4. The molecule has 0 aliphatic carbocycles. The number of amides is 1. The number of nitrogens with one attached hydrogen (secondary N) is 1. The van der Waals surface area contributed by atoms with Crippen LogP contribution < -0.4 is 0 Å². The molecule has 23 heavy (non-hydrogen) atoms. The number of hydrogen-bond acceptors (Lipinski definition) is 5. The van der Waals surface area contributed by atoms with Crippen molar-refractivity contribution in [2.45, 2.75) is 19.4 Å². The number of carbonyl (C=O) groups excluding carboxylic acids is 2. The van der Waals surface area contributed by atoms with Gasteiger partial charge >= 0.3 is 0 Å². The first-order valence-electron chi connectivity index (χ1n) is 8.04. The smallest absolute Gasteiger partial charge is 0.256 e. The van der Waals surface area contributed by atoms with Crippen LogP contribution in [-0.2, 0) is 11.2 Å².